The van der Waals surface area contributed by atoms with E-state index in [1.807, 2.05) is 6.92 Å². The van der Waals surface area contributed by atoms with Crippen molar-refractivity contribution in [2.45, 2.75) is 19.9 Å². The standard InChI is InChI=1S/C26H24N2O7S/c1-5-35-18-12-8-16(9-13-18)21(29)19-20(15-6-10-17(33-3)11-7-15)28(24(31)22(19)30)26-27-14(2)23(36-26)25(32)34-4/h6-13,20,29H,5H2,1-4H3/t20-/m1/s1. The molecule has 1 atom stereocenters. The average Bonchev–Trinajstić information content (AvgIpc) is 3.40. The molecule has 2 aromatic carbocycles. The number of carbonyl (C=O) groups excluding carboxylic acids is 3. The summed E-state index contributed by atoms with van der Waals surface area (Å²) in [6, 6.07) is 12.4. The van der Waals surface area contributed by atoms with E-state index in [9.17, 15) is 19.5 Å². The molecular formula is C26H24N2O7S. The van der Waals surface area contributed by atoms with Crippen molar-refractivity contribution in [3.05, 3.63) is 75.8 Å². The van der Waals surface area contributed by atoms with Gasteiger partial charge in [-0.1, -0.05) is 23.5 Å². The molecule has 1 aromatic heterocycles. The predicted octanol–water partition coefficient (Wildman–Crippen LogP) is 4.27. The molecule has 1 amide bonds. The Labute approximate surface area is 211 Å². The van der Waals surface area contributed by atoms with Gasteiger partial charge in [0.15, 0.2) is 5.13 Å². The van der Waals surface area contributed by atoms with Crippen LogP contribution in [0.2, 0.25) is 0 Å². The van der Waals surface area contributed by atoms with Crippen molar-refractivity contribution in [2.75, 3.05) is 25.7 Å². The van der Waals surface area contributed by atoms with Crippen LogP contribution >= 0.6 is 11.3 Å². The fourth-order valence-corrected chi connectivity index (χ4v) is 4.94. The molecule has 1 N–H and O–H groups in total. The number of benzene rings is 2. The van der Waals surface area contributed by atoms with Gasteiger partial charge in [0.05, 0.1) is 38.1 Å². The SMILES string of the molecule is CCOc1ccc(C(O)=C2C(=O)C(=O)N(c3nc(C)c(C(=O)OC)s3)[C@@H]2c2ccc(OC)cc2)cc1. The van der Waals surface area contributed by atoms with Crippen molar-refractivity contribution in [3.8, 4) is 11.5 Å². The molecule has 2 heterocycles. The highest BCUT2D eigenvalue weighted by atomic mass is 32.1. The van der Waals surface area contributed by atoms with E-state index in [1.54, 1.807) is 55.5 Å². The van der Waals surface area contributed by atoms with Crippen LogP contribution in [0.25, 0.3) is 5.76 Å². The zero-order valence-corrected chi connectivity index (χ0v) is 20.9. The number of hydrogen-bond acceptors (Lipinski definition) is 9. The molecule has 186 valence electrons. The minimum Gasteiger partial charge on any atom is -0.507 e. The van der Waals surface area contributed by atoms with Crippen LogP contribution in [0.15, 0.2) is 54.1 Å². The summed E-state index contributed by atoms with van der Waals surface area (Å²) >= 11 is 0.940. The highest BCUT2D eigenvalue weighted by molar-refractivity contribution is 7.17. The molecule has 36 heavy (non-hydrogen) atoms. The maximum atomic E-state index is 13.3. The van der Waals surface area contributed by atoms with E-state index in [1.165, 1.54) is 19.1 Å². The summed E-state index contributed by atoms with van der Waals surface area (Å²) in [7, 11) is 2.78. The zero-order chi connectivity index (χ0) is 26.0. The molecule has 0 aliphatic carbocycles. The predicted molar refractivity (Wildman–Crippen MR) is 134 cm³/mol. The van der Waals surface area contributed by atoms with Gasteiger partial charge in [-0.2, -0.15) is 0 Å². The van der Waals surface area contributed by atoms with Crippen LogP contribution in [-0.4, -0.2) is 48.6 Å². The molecule has 0 unspecified atom stereocenters. The van der Waals surface area contributed by atoms with Gasteiger partial charge in [0.1, 0.15) is 22.1 Å². The number of ether oxygens (including phenoxy) is 3. The van der Waals surface area contributed by atoms with Gasteiger partial charge < -0.3 is 19.3 Å². The van der Waals surface area contributed by atoms with Crippen molar-refractivity contribution < 1.29 is 33.7 Å². The van der Waals surface area contributed by atoms with Gasteiger partial charge in [0.25, 0.3) is 5.78 Å². The van der Waals surface area contributed by atoms with Gasteiger partial charge in [-0.25, -0.2) is 9.78 Å². The number of anilines is 1. The molecule has 4 rings (SSSR count). The van der Waals surface area contributed by atoms with Crippen molar-refractivity contribution >= 4 is 39.9 Å². The Kier molecular flexibility index (Phi) is 7.07. The summed E-state index contributed by atoms with van der Waals surface area (Å²) < 4.78 is 15.5. The monoisotopic (exact) mass is 508 g/mol. The number of Topliss-reactive ketones (excluding diaryl/α,β-unsaturated/α-hetero) is 1. The molecule has 0 bridgehead atoms. The first-order chi connectivity index (χ1) is 17.3. The lowest BCUT2D eigenvalue weighted by Gasteiger charge is -2.23. The van der Waals surface area contributed by atoms with Crippen molar-refractivity contribution in [3.63, 3.8) is 0 Å². The Morgan fingerprint density at radius 1 is 1.06 bits per heavy atom. The van der Waals surface area contributed by atoms with Gasteiger partial charge in [-0.3, -0.25) is 14.5 Å². The van der Waals surface area contributed by atoms with Gasteiger partial charge in [-0.15, -0.1) is 0 Å². The van der Waals surface area contributed by atoms with Crippen LogP contribution < -0.4 is 14.4 Å². The minimum atomic E-state index is -0.987. The van der Waals surface area contributed by atoms with E-state index in [0.717, 1.165) is 11.3 Å². The first-order valence-corrected chi connectivity index (χ1v) is 11.9. The fourth-order valence-electron chi connectivity index (χ4n) is 3.93. The molecule has 3 aromatic rings. The van der Waals surface area contributed by atoms with E-state index in [2.05, 4.69) is 4.98 Å². The second-order valence-electron chi connectivity index (χ2n) is 7.80. The number of hydrogen-bond donors (Lipinski definition) is 1. The third-order valence-electron chi connectivity index (χ3n) is 5.68. The van der Waals surface area contributed by atoms with Crippen molar-refractivity contribution in [1.82, 2.24) is 4.98 Å². The number of aryl methyl sites for hydroxylation is 1. The third kappa shape index (κ3) is 4.42. The number of ketones is 1. The highest BCUT2D eigenvalue weighted by Gasteiger charge is 2.48. The summed E-state index contributed by atoms with van der Waals surface area (Å²) in [4.78, 5) is 44.5. The van der Waals surface area contributed by atoms with Gasteiger partial charge in [-0.05, 0) is 55.8 Å². The lowest BCUT2D eigenvalue weighted by molar-refractivity contribution is -0.132. The Morgan fingerprint density at radius 2 is 1.69 bits per heavy atom. The quantitative estimate of drug-likeness (QED) is 0.218. The average molecular weight is 509 g/mol. The second kappa shape index (κ2) is 10.2. The van der Waals surface area contributed by atoms with Gasteiger partial charge in [0, 0.05) is 5.56 Å². The van der Waals surface area contributed by atoms with Crippen LogP contribution in [0.1, 0.15) is 39.5 Å². The number of nitrogens with zero attached hydrogens (tertiary/aromatic N) is 2. The maximum Gasteiger partial charge on any atom is 0.350 e. The largest absolute Gasteiger partial charge is 0.507 e. The van der Waals surface area contributed by atoms with Crippen LogP contribution in [0.4, 0.5) is 5.13 Å². The number of aliphatic hydroxyl groups excluding tert-OH is 1. The number of rotatable bonds is 7. The number of esters is 1. The first-order valence-electron chi connectivity index (χ1n) is 11.0. The van der Waals surface area contributed by atoms with Crippen molar-refractivity contribution in [2.24, 2.45) is 0 Å². The second-order valence-corrected chi connectivity index (χ2v) is 8.78. The molecular weight excluding hydrogens is 484 g/mol. The van der Waals surface area contributed by atoms with Gasteiger partial charge in [0.2, 0.25) is 0 Å². The van der Waals surface area contributed by atoms with Crippen LogP contribution in [0, 0.1) is 6.92 Å². The normalized spacial score (nSPS) is 16.8. The summed E-state index contributed by atoms with van der Waals surface area (Å²) in [5.41, 5.74) is 1.17. The van der Waals surface area contributed by atoms with E-state index >= 15 is 0 Å². The van der Waals surface area contributed by atoms with E-state index in [4.69, 9.17) is 14.2 Å². The summed E-state index contributed by atoms with van der Waals surface area (Å²) in [6.45, 7) is 3.95. The van der Waals surface area contributed by atoms with Gasteiger partial charge >= 0.3 is 11.9 Å². The van der Waals surface area contributed by atoms with Crippen molar-refractivity contribution in [1.29, 1.82) is 0 Å². The summed E-state index contributed by atoms with van der Waals surface area (Å²) in [5, 5.41) is 11.4. The molecule has 10 heteroatoms. The van der Waals surface area contributed by atoms with E-state index < -0.39 is 23.7 Å². The third-order valence-corrected chi connectivity index (χ3v) is 6.81. The molecule has 1 aliphatic heterocycles. The zero-order valence-electron chi connectivity index (χ0n) is 20.1. The van der Waals surface area contributed by atoms with Crippen LogP contribution in [-0.2, 0) is 14.3 Å². The lowest BCUT2D eigenvalue weighted by Crippen LogP contribution is -2.29. The lowest BCUT2D eigenvalue weighted by atomic mass is 9.95. The summed E-state index contributed by atoms with van der Waals surface area (Å²) in [5.74, 6) is -1.47. The Balaban J connectivity index is 1.88. The molecule has 0 radical (unpaired) electrons. The number of aromatic nitrogens is 1. The fraction of sp³-hybridized carbons (Fsp3) is 0.231. The van der Waals surface area contributed by atoms with Crippen LogP contribution in [0.5, 0.6) is 11.5 Å². The van der Waals surface area contributed by atoms with Crippen LogP contribution in [0.3, 0.4) is 0 Å². The Bertz CT molecular complexity index is 1340. The number of thiazole rings is 1. The number of aliphatic hydroxyl groups is 1. The smallest absolute Gasteiger partial charge is 0.350 e. The molecule has 1 saturated heterocycles. The number of amides is 1. The Morgan fingerprint density at radius 3 is 2.28 bits per heavy atom. The van der Waals surface area contributed by atoms with E-state index in [-0.39, 0.29) is 21.3 Å². The Hall–Kier alpha value is -4.18. The molecule has 1 aliphatic rings. The molecule has 0 spiro atoms. The molecule has 0 saturated carbocycles. The topological polar surface area (TPSA) is 115 Å². The maximum absolute atomic E-state index is 13.3. The number of carbonyl (C=O) groups is 3. The number of methoxy groups -OCH3 is 2. The molecule has 1 fully saturated rings. The highest BCUT2D eigenvalue weighted by Crippen LogP contribution is 2.44. The summed E-state index contributed by atoms with van der Waals surface area (Å²) in [6.07, 6.45) is 0. The molecule has 9 nitrogen and oxygen atoms in total. The first kappa shape index (κ1) is 24.9. The van der Waals surface area contributed by atoms with E-state index in [0.29, 0.717) is 34.9 Å². The minimum absolute atomic E-state index is 0.0956.